The van der Waals surface area contributed by atoms with Crippen molar-refractivity contribution in [2.75, 3.05) is 6.61 Å². The molecule has 0 amide bonds. The third-order valence-electron chi connectivity index (χ3n) is 4.18. The van der Waals surface area contributed by atoms with Crippen molar-refractivity contribution in [2.45, 2.75) is 6.92 Å². The van der Waals surface area contributed by atoms with Crippen LogP contribution in [0.5, 0.6) is 0 Å². The second-order valence-corrected chi connectivity index (χ2v) is 6.07. The minimum Gasteiger partial charge on any atom is -0.462 e. The first-order valence-corrected chi connectivity index (χ1v) is 8.44. The summed E-state index contributed by atoms with van der Waals surface area (Å²) >= 11 is 6.46. The monoisotopic (exact) mass is 350 g/mol. The van der Waals surface area contributed by atoms with E-state index in [1.54, 1.807) is 25.1 Å². The second-order valence-electron chi connectivity index (χ2n) is 5.66. The Morgan fingerprint density at radius 2 is 1.76 bits per heavy atom. The molecule has 25 heavy (non-hydrogen) atoms. The Bertz CT molecular complexity index is 1090. The Morgan fingerprint density at radius 1 is 1.00 bits per heavy atom. The lowest BCUT2D eigenvalue weighted by Crippen LogP contribution is -2.06. The Balaban J connectivity index is 2.04. The normalized spacial score (nSPS) is 11.1. The number of hydrogen-bond donors (Lipinski definition) is 0. The second kappa shape index (κ2) is 6.26. The van der Waals surface area contributed by atoms with Crippen molar-refractivity contribution in [2.24, 2.45) is 0 Å². The van der Waals surface area contributed by atoms with Gasteiger partial charge in [-0.3, -0.25) is 0 Å². The van der Waals surface area contributed by atoms with Crippen LogP contribution in [0.15, 0.2) is 65.1 Å². The Morgan fingerprint density at radius 3 is 2.60 bits per heavy atom. The number of carbonyl (C=O) groups is 1. The fourth-order valence-corrected chi connectivity index (χ4v) is 3.40. The van der Waals surface area contributed by atoms with Gasteiger partial charge in [-0.25, -0.2) is 4.79 Å². The zero-order chi connectivity index (χ0) is 17.4. The minimum absolute atomic E-state index is 0.305. The van der Waals surface area contributed by atoms with Gasteiger partial charge in [-0.05, 0) is 25.1 Å². The van der Waals surface area contributed by atoms with Crippen molar-refractivity contribution in [3.8, 4) is 11.1 Å². The zero-order valence-electron chi connectivity index (χ0n) is 13.6. The Kier molecular flexibility index (Phi) is 3.94. The first-order valence-electron chi connectivity index (χ1n) is 8.07. The molecular weight excluding hydrogens is 336 g/mol. The number of esters is 1. The quantitative estimate of drug-likeness (QED) is 0.420. The molecule has 1 heterocycles. The van der Waals surface area contributed by atoms with Crippen LogP contribution in [-0.4, -0.2) is 12.6 Å². The van der Waals surface area contributed by atoms with Gasteiger partial charge in [0.2, 0.25) is 0 Å². The van der Waals surface area contributed by atoms with Gasteiger partial charge in [0.05, 0.1) is 12.2 Å². The number of hydrogen-bond acceptors (Lipinski definition) is 3. The minimum atomic E-state index is -0.395. The van der Waals surface area contributed by atoms with Gasteiger partial charge in [0.1, 0.15) is 11.2 Å². The van der Waals surface area contributed by atoms with Gasteiger partial charge >= 0.3 is 5.97 Å². The van der Waals surface area contributed by atoms with Crippen molar-refractivity contribution in [3.05, 3.63) is 71.2 Å². The molecule has 0 saturated heterocycles. The molecule has 4 heteroatoms. The van der Waals surface area contributed by atoms with Gasteiger partial charge in [-0.2, -0.15) is 0 Å². The van der Waals surface area contributed by atoms with Crippen LogP contribution in [-0.2, 0) is 4.74 Å². The molecule has 0 aliphatic carbocycles. The maximum atomic E-state index is 12.4. The number of para-hydroxylation sites is 2. The Labute approximate surface area is 149 Å². The van der Waals surface area contributed by atoms with E-state index in [2.05, 4.69) is 0 Å². The van der Waals surface area contributed by atoms with E-state index in [0.717, 1.165) is 21.9 Å². The van der Waals surface area contributed by atoms with Crippen LogP contribution < -0.4 is 0 Å². The molecule has 0 N–H and O–H groups in total. The van der Waals surface area contributed by atoms with E-state index in [0.29, 0.717) is 28.3 Å². The van der Waals surface area contributed by atoms with Gasteiger partial charge in [-0.15, -0.1) is 0 Å². The SMILES string of the molecule is CCOC(=O)c1cccc(Cl)c1-c1cccc2c1oc1ccccc12. The van der Waals surface area contributed by atoms with Gasteiger partial charge in [-0.1, -0.05) is 54.1 Å². The lowest BCUT2D eigenvalue weighted by Gasteiger charge is -2.11. The molecule has 0 aliphatic heterocycles. The summed E-state index contributed by atoms with van der Waals surface area (Å²) in [6.45, 7) is 2.09. The van der Waals surface area contributed by atoms with Gasteiger partial charge in [0, 0.05) is 26.9 Å². The average molecular weight is 351 g/mol. The van der Waals surface area contributed by atoms with Crippen molar-refractivity contribution >= 4 is 39.5 Å². The summed E-state index contributed by atoms with van der Waals surface area (Å²) in [5.74, 6) is -0.395. The standard InChI is InChI=1S/C21H15ClO3/c1-2-24-21(23)16-10-6-11-17(22)19(16)15-9-5-8-14-13-7-3-4-12-18(13)25-20(14)15/h3-12H,2H2,1H3. The molecule has 4 rings (SSSR count). The van der Waals surface area contributed by atoms with Crippen molar-refractivity contribution in [3.63, 3.8) is 0 Å². The summed E-state index contributed by atoms with van der Waals surface area (Å²) in [5.41, 5.74) is 3.36. The maximum Gasteiger partial charge on any atom is 0.338 e. The highest BCUT2D eigenvalue weighted by molar-refractivity contribution is 6.34. The van der Waals surface area contributed by atoms with E-state index in [1.165, 1.54) is 0 Å². The molecule has 0 bridgehead atoms. The van der Waals surface area contributed by atoms with Crippen molar-refractivity contribution < 1.29 is 13.9 Å². The van der Waals surface area contributed by atoms with Crippen molar-refractivity contribution in [1.82, 2.24) is 0 Å². The third-order valence-corrected chi connectivity index (χ3v) is 4.50. The van der Waals surface area contributed by atoms with Gasteiger partial charge < -0.3 is 9.15 Å². The molecule has 0 aliphatic rings. The predicted octanol–water partition coefficient (Wildman–Crippen LogP) is 6.08. The van der Waals surface area contributed by atoms with E-state index in [1.807, 2.05) is 42.5 Å². The van der Waals surface area contributed by atoms with E-state index < -0.39 is 5.97 Å². The van der Waals surface area contributed by atoms with E-state index in [9.17, 15) is 4.79 Å². The third kappa shape index (κ3) is 2.57. The Hall–Kier alpha value is -2.78. The summed E-state index contributed by atoms with van der Waals surface area (Å²) in [5, 5.41) is 2.51. The van der Waals surface area contributed by atoms with Gasteiger partial charge in [0.25, 0.3) is 0 Å². The van der Waals surface area contributed by atoms with Gasteiger partial charge in [0.15, 0.2) is 0 Å². The molecule has 0 saturated carbocycles. The number of fused-ring (bicyclic) bond motifs is 3. The van der Waals surface area contributed by atoms with E-state index in [-0.39, 0.29) is 0 Å². The highest BCUT2D eigenvalue weighted by Gasteiger charge is 2.20. The lowest BCUT2D eigenvalue weighted by atomic mass is 9.97. The molecule has 3 aromatic carbocycles. The molecule has 0 spiro atoms. The first-order chi connectivity index (χ1) is 12.2. The van der Waals surface area contributed by atoms with Crippen LogP contribution in [0.25, 0.3) is 33.1 Å². The molecule has 4 aromatic rings. The van der Waals surface area contributed by atoms with E-state index in [4.69, 9.17) is 20.8 Å². The van der Waals surface area contributed by atoms with Crippen LogP contribution in [0.3, 0.4) is 0 Å². The zero-order valence-corrected chi connectivity index (χ0v) is 14.3. The molecule has 0 atom stereocenters. The van der Waals surface area contributed by atoms with Crippen LogP contribution >= 0.6 is 11.6 Å². The summed E-state index contributed by atoms with van der Waals surface area (Å²) in [6, 6.07) is 19.0. The average Bonchev–Trinajstić information content (AvgIpc) is 3.01. The molecular formula is C21H15ClO3. The molecule has 124 valence electrons. The summed E-state index contributed by atoms with van der Waals surface area (Å²) in [6.07, 6.45) is 0. The summed E-state index contributed by atoms with van der Waals surface area (Å²) < 4.78 is 11.3. The van der Waals surface area contributed by atoms with E-state index >= 15 is 0 Å². The number of benzene rings is 3. The van der Waals surface area contributed by atoms with Crippen LogP contribution in [0, 0.1) is 0 Å². The van der Waals surface area contributed by atoms with Crippen molar-refractivity contribution in [1.29, 1.82) is 0 Å². The highest BCUT2D eigenvalue weighted by atomic mass is 35.5. The van der Waals surface area contributed by atoms with Crippen LogP contribution in [0.2, 0.25) is 5.02 Å². The maximum absolute atomic E-state index is 12.4. The molecule has 1 aromatic heterocycles. The lowest BCUT2D eigenvalue weighted by molar-refractivity contribution is 0.0527. The highest BCUT2D eigenvalue weighted by Crippen LogP contribution is 2.40. The number of carbonyl (C=O) groups excluding carboxylic acids is 1. The number of rotatable bonds is 3. The first kappa shape index (κ1) is 15.7. The fourth-order valence-electron chi connectivity index (χ4n) is 3.12. The molecule has 0 fully saturated rings. The topological polar surface area (TPSA) is 39.4 Å². The molecule has 0 radical (unpaired) electrons. The smallest absolute Gasteiger partial charge is 0.338 e. The predicted molar refractivity (Wildman–Crippen MR) is 100 cm³/mol. The summed E-state index contributed by atoms with van der Waals surface area (Å²) in [7, 11) is 0. The largest absolute Gasteiger partial charge is 0.462 e. The number of ether oxygens (including phenoxy) is 1. The fraction of sp³-hybridized carbons (Fsp3) is 0.0952. The number of halogens is 1. The van der Waals surface area contributed by atoms with Crippen LogP contribution in [0.1, 0.15) is 17.3 Å². The molecule has 3 nitrogen and oxygen atoms in total. The number of furan rings is 1. The summed E-state index contributed by atoms with van der Waals surface area (Å²) in [4.78, 5) is 12.4. The molecule has 0 unspecified atom stereocenters. The van der Waals surface area contributed by atoms with Crippen LogP contribution in [0.4, 0.5) is 0 Å².